The van der Waals surface area contributed by atoms with E-state index in [1.165, 1.54) is 12.4 Å². The van der Waals surface area contributed by atoms with Crippen molar-refractivity contribution in [3.8, 4) is 0 Å². The summed E-state index contributed by atoms with van der Waals surface area (Å²) in [6.07, 6.45) is 2.82. The third-order valence-corrected chi connectivity index (χ3v) is 1.50. The van der Waals surface area contributed by atoms with Gasteiger partial charge in [0.25, 0.3) is 5.91 Å². The molecule has 0 fully saturated rings. The average Bonchev–Trinajstić information content (AvgIpc) is 2.19. The molecule has 13 heavy (non-hydrogen) atoms. The molecule has 0 saturated heterocycles. The van der Waals surface area contributed by atoms with Crippen LogP contribution in [0.3, 0.4) is 0 Å². The van der Waals surface area contributed by atoms with Crippen LogP contribution in [0.15, 0.2) is 18.5 Å². The first kappa shape index (κ1) is 9.60. The maximum absolute atomic E-state index is 11.3. The van der Waals surface area contributed by atoms with Crippen LogP contribution in [0.5, 0.6) is 0 Å². The molecule has 1 aromatic heterocycles. The number of aliphatic hydroxyl groups is 1. The number of rotatable bonds is 3. The first-order chi connectivity index (χ1) is 6.24. The van der Waals surface area contributed by atoms with Gasteiger partial charge >= 0.3 is 0 Å². The van der Waals surface area contributed by atoms with Crippen LogP contribution in [0.25, 0.3) is 0 Å². The molecule has 1 heterocycles. The number of aromatic nitrogens is 2. The molecule has 0 aliphatic carbocycles. The van der Waals surface area contributed by atoms with Gasteiger partial charge in [-0.25, -0.2) is 0 Å². The second-order valence-corrected chi connectivity index (χ2v) is 2.69. The summed E-state index contributed by atoms with van der Waals surface area (Å²) in [5.74, 6) is -0.253. The Morgan fingerprint density at radius 1 is 1.69 bits per heavy atom. The predicted molar refractivity (Wildman–Crippen MR) is 46.0 cm³/mol. The molecule has 0 spiro atoms. The van der Waals surface area contributed by atoms with Crippen molar-refractivity contribution in [2.45, 2.75) is 13.0 Å². The van der Waals surface area contributed by atoms with E-state index in [-0.39, 0.29) is 18.6 Å². The first-order valence-electron chi connectivity index (χ1n) is 3.92. The molecule has 0 bridgehead atoms. The lowest BCUT2D eigenvalue weighted by Crippen LogP contribution is -2.35. The monoisotopic (exact) mass is 181 g/mol. The molecule has 5 heteroatoms. The Labute approximate surface area is 75.8 Å². The molecular weight excluding hydrogens is 170 g/mol. The zero-order chi connectivity index (χ0) is 9.68. The van der Waals surface area contributed by atoms with E-state index in [0.29, 0.717) is 5.56 Å². The topological polar surface area (TPSA) is 75.1 Å². The van der Waals surface area contributed by atoms with Crippen molar-refractivity contribution in [1.29, 1.82) is 0 Å². The summed E-state index contributed by atoms with van der Waals surface area (Å²) in [4.78, 5) is 11.3. The summed E-state index contributed by atoms with van der Waals surface area (Å²) < 4.78 is 0. The highest BCUT2D eigenvalue weighted by atomic mass is 16.3. The van der Waals surface area contributed by atoms with Crippen LogP contribution in [0.1, 0.15) is 17.3 Å². The minimum Gasteiger partial charge on any atom is -0.394 e. The number of aliphatic hydroxyl groups excluding tert-OH is 1. The molecule has 0 radical (unpaired) electrons. The zero-order valence-corrected chi connectivity index (χ0v) is 7.27. The molecule has 0 aliphatic rings. The van der Waals surface area contributed by atoms with Gasteiger partial charge in [0, 0.05) is 6.04 Å². The molecule has 0 saturated carbocycles. The van der Waals surface area contributed by atoms with Gasteiger partial charge in [-0.2, -0.15) is 10.2 Å². The number of nitrogens with zero attached hydrogens (tertiary/aromatic N) is 2. The number of hydrogen-bond acceptors (Lipinski definition) is 4. The Morgan fingerprint density at radius 2 is 2.46 bits per heavy atom. The van der Waals surface area contributed by atoms with Crippen LogP contribution in [-0.4, -0.2) is 33.9 Å². The standard InChI is InChI=1S/C8H11N3O2/c1-6(5-12)11-8(13)7-2-3-9-10-4-7/h2-4,6,12H,5H2,1H3,(H,11,13)/t6-/m1/s1. The van der Waals surface area contributed by atoms with Gasteiger partial charge in [0.05, 0.1) is 24.6 Å². The van der Waals surface area contributed by atoms with E-state index in [1.807, 2.05) is 0 Å². The maximum atomic E-state index is 11.3. The number of amides is 1. The predicted octanol–water partition coefficient (Wildman–Crippen LogP) is -0.413. The molecule has 2 N–H and O–H groups in total. The molecule has 0 aromatic carbocycles. The average molecular weight is 181 g/mol. The number of carbonyl (C=O) groups excluding carboxylic acids is 1. The van der Waals surface area contributed by atoms with Crippen molar-refractivity contribution < 1.29 is 9.90 Å². The minimum atomic E-state index is -0.253. The van der Waals surface area contributed by atoms with Crippen molar-refractivity contribution in [1.82, 2.24) is 15.5 Å². The Balaban J connectivity index is 2.59. The SMILES string of the molecule is C[C@H](CO)NC(=O)c1ccnnc1. The summed E-state index contributed by atoms with van der Waals surface area (Å²) in [7, 11) is 0. The summed E-state index contributed by atoms with van der Waals surface area (Å²) in [5, 5.41) is 18.4. The molecule has 0 aliphatic heterocycles. The second-order valence-electron chi connectivity index (χ2n) is 2.69. The van der Waals surface area contributed by atoms with Crippen LogP contribution in [0.4, 0.5) is 0 Å². The Kier molecular flexibility index (Phi) is 3.33. The third-order valence-electron chi connectivity index (χ3n) is 1.50. The third kappa shape index (κ3) is 2.79. The molecule has 1 aromatic rings. The van der Waals surface area contributed by atoms with Gasteiger partial charge in [0.1, 0.15) is 0 Å². The fourth-order valence-corrected chi connectivity index (χ4v) is 0.778. The van der Waals surface area contributed by atoms with E-state index in [9.17, 15) is 4.79 Å². The molecule has 70 valence electrons. The fourth-order valence-electron chi connectivity index (χ4n) is 0.778. The maximum Gasteiger partial charge on any atom is 0.253 e. The Hall–Kier alpha value is -1.49. The second kappa shape index (κ2) is 4.51. The van der Waals surface area contributed by atoms with Crippen molar-refractivity contribution in [3.05, 3.63) is 24.0 Å². The van der Waals surface area contributed by atoms with Crippen molar-refractivity contribution in [2.24, 2.45) is 0 Å². The van der Waals surface area contributed by atoms with E-state index < -0.39 is 0 Å². The van der Waals surface area contributed by atoms with E-state index in [1.54, 1.807) is 13.0 Å². The number of carbonyl (C=O) groups is 1. The lowest BCUT2D eigenvalue weighted by Gasteiger charge is -2.09. The fraction of sp³-hybridized carbons (Fsp3) is 0.375. The van der Waals surface area contributed by atoms with Crippen LogP contribution in [0, 0.1) is 0 Å². The van der Waals surface area contributed by atoms with Crippen molar-refractivity contribution in [3.63, 3.8) is 0 Å². The van der Waals surface area contributed by atoms with Crippen LogP contribution < -0.4 is 5.32 Å². The Morgan fingerprint density at radius 3 is 3.00 bits per heavy atom. The summed E-state index contributed by atoms with van der Waals surface area (Å²) in [5.41, 5.74) is 0.440. The van der Waals surface area contributed by atoms with Gasteiger partial charge in [-0.05, 0) is 13.0 Å². The quantitative estimate of drug-likeness (QED) is 0.664. The number of hydrogen-bond donors (Lipinski definition) is 2. The lowest BCUT2D eigenvalue weighted by molar-refractivity contribution is 0.0921. The van der Waals surface area contributed by atoms with E-state index in [4.69, 9.17) is 5.11 Å². The van der Waals surface area contributed by atoms with Gasteiger partial charge in [-0.3, -0.25) is 4.79 Å². The van der Waals surface area contributed by atoms with E-state index >= 15 is 0 Å². The Bertz CT molecular complexity index is 276. The van der Waals surface area contributed by atoms with Gasteiger partial charge in [0.15, 0.2) is 0 Å². The first-order valence-corrected chi connectivity index (χ1v) is 3.92. The minimum absolute atomic E-state index is 0.0791. The van der Waals surface area contributed by atoms with E-state index in [2.05, 4.69) is 15.5 Å². The van der Waals surface area contributed by atoms with Crippen LogP contribution in [-0.2, 0) is 0 Å². The van der Waals surface area contributed by atoms with Gasteiger partial charge in [0.2, 0.25) is 0 Å². The molecule has 5 nitrogen and oxygen atoms in total. The summed E-state index contributed by atoms with van der Waals surface area (Å²) in [6.45, 7) is 1.64. The molecule has 1 atom stereocenters. The van der Waals surface area contributed by atoms with Gasteiger partial charge in [-0.15, -0.1) is 0 Å². The largest absolute Gasteiger partial charge is 0.394 e. The van der Waals surface area contributed by atoms with Crippen molar-refractivity contribution >= 4 is 5.91 Å². The molecular formula is C8H11N3O2. The molecule has 1 rings (SSSR count). The number of nitrogens with one attached hydrogen (secondary N) is 1. The highest BCUT2D eigenvalue weighted by molar-refractivity contribution is 5.93. The summed E-state index contributed by atoms with van der Waals surface area (Å²) in [6, 6.07) is 1.31. The van der Waals surface area contributed by atoms with Crippen LogP contribution in [0.2, 0.25) is 0 Å². The smallest absolute Gasteiger partial charge is 0.253 e. The van der Waals surface area contributed by atoms with Gasteiger partial charge in [-0.1, -0.05) is 0 Å². The van der Waals surface area contributed by atoms with Gasteiger partial charge < -0.3 is 10.4 Å². The lowest BCUT2D eigenvalue weighted by atomic mass is 10.2. The zero-order valence-electron chi connectivity index (χ0n) is 7.27. The normalized spacial score (nSPS) is 12.2. The summed E-state index contributed by atoms with van der Waals surface area (Å²) >= 11 is 0. The highest BCUT2D eigenvalue weighted by Gasteiger charge is 2.07. The highest BCUT2D eigenvalue weighted by Crippen LogP contribution is 1.94. The van der Waals surface area contributed by atoms with Crippen LogP contribution >= 0.6 is 0 Å². The van der Waals surface area contributed by atoms with Crippen molar-refractivity contribution in [2.75, 3.05) is 6.61 Å². The van der Waals surface area contributed by atoms with E-state index in [0.717, 1.165) is 0 Å². The molecule has 0 unspecified atom stereocenters. The molecule has 1 amide bonds.